The third-order valence-corrected chi connectivity index (χ3v) is 3.98. The fourth-order valence-corrected chi connectivity index (χ4v) is 2.82. The van der Waals surface area contributed by atoms with Crippen LogP contribution in [0.3, 0.4) is 0 Å². The summed E-state index contributed by atoms with van der Waals surface area (Å²) in [4.78, 5) is 12.7. The summed E-state index contributed by atoms with van der Waals surface area (Å²) in [5.41, 5.74) is 8.90. The summed E-state index contributed by atoms with van der Waals surface area (Å²) in [6.07, 6.45) is 3.42. The lowest BCUT2D eigenvalue weighted by molar-refractivity contribution is 0.357. The van der Waals surface area contributed by atoms with Gasteiger partial charge in [-0.2, -0.15) is 0 Å². The van der Waals surface area contributed by atoms with E-state index in [1.165, 1.54) is 17.5 Å². The molecule has 2 aromatic heterocycles. The molecule has 0 aliphatic carbocycles. The summed E-state index contributed by atoms with van der Waals surface area (Å²) < 4.78 is 5.54. The fourth-order valence-electron chi connectivity index (χ4n) is 2.82. The van der Waals surface area contributed by atoms with Crippen LogP contribution in [-0.4, -0.2) is 28.1 Å². The highest BCUT2D eigenvalue weighted by Gasteiger charge is 2.12. The monoisotopic (exact) mass is 307 g/mol. The van der Waals surface area contributed by atoms with E-state index in [1.54, 1.807) is 6.07 Å². The van der Waals surface area contributed by atoms with Crippen molar-refractivity contribution in [1.82, 2.24) is 15.0 Å². The summed E-state index contributed by atoms with van der Waals surface area (Å²) >= 11 is 0. The van der Waals surface area contributed by atoms with Gasteiger partial charge >= 0.3 is 0 Å². The van der Waals surface area contributed by atoms with Gasteiger partial charge in [0.1, 0.15) is 23.7 Å². The van der Waals surface area contributed by atoms with Gasteiger partial charge in [-0.3, -0.25) is 0 Å². The zero-order valence-electron chi connectivity index (χ0n) is 12.6. The number of fused-ring (bicyclic) bond motifs is 2. The summed E-state index contributed by atoms with van der Waals surface area (Å²) in [6, 6.07) is 10.1. The number of rotatable bonds is 4. The SMILES string of the molecule is Nc1ccc2c(NCCc3ccc4c(c3)CCO4)ncnc2n1. The lowest BCUT2D eigenvalue weighted by Crippen LogP contribution is -2.07. The Balaban J connectivity index is 1.47. The van der Waals surface area contributed by atoms with E-state index in [0.717, 1.165) is 42.9 Å². The first-order valence-corrected chi connectivity index (χ1v) is 7.65. The van der Waals surface area contributed by atoms with Crippen molar-refractivity contribution in [2.75, 3.05) is 24.2 Å². The Morgan fingerprint density at radius 2 is 2.13 bits per heavy atom. The maximum absolute atomic E-state index is 5.69. The van der Waals surface area contributed by atoms with Gasteiger partial charge in [-0.15, -0.1) is 0 Å². The molecule has 1 aromatic carbocycles. The van der Waals surface area contributed by atoms with Crippen LogP contribution in [0, 0.1) is 0 Å². The zero-order chi connectivity index (χ0) is 15.6. The van der Waals surface area contributed by atoms with Gasteiger partial charge in [0.05, 0.1) is 12.0 Å². The van der Waals surface area contributed by atoms with Crippen LogP contribution in [0.5, 0.6) is 5.75 Å². The van der Waals surface area contributed by atoms with Gasteiger partial charge in [0.2, 0.25) is 0 Å². The van der Waals surface area contributed by atoms with Gasteiger partial charge in [0.25, 0.3) is 0 Å². The van der Waals surface area contributed by atoms with Crippen LogP contribution in [0.2, 0.25) is 0 Å². The molecule has 6 nitrogen and oxygen atoms in total. The number of benzene rings is 1. The first kappa shape index (κ1) is 13.8. The number of pyridine rings is 1. The van der Waals surface area contributed by atoms with Crippen molar-refractivity contribution in [2.24, 2.45) is 0 Å². The van der Waals surface area contributed by atoms with Crippen molar-refractivity contribution < 1.29 is 4.74 Å². The quantitative estimate of drug-likeness (QED) is 0.768. The molecule has 0 unspecified atom stereocenters. The van der Waals surface area contributed by atoms with E-state index in [2.05, 4.69) is 38.5 Å². The maximum Gasteiger partial charge on any atom is 0.166 e. The smallest absolute Gasteiger partial charge is 0.166 e. The second kappa shape index (κ2) is 5.72. The Morgan fingerprint density at radius 3 is 3.09 bits per heavy atom. The first-order valence-electron chi connectivity index (χ1n) is 7.65. The van der Waals surface area contributed by atoms with Crippen molar-refractivity contribution in [1.29, 1.82) is 0 Å². The summed E-state index contributed by atoms with van der Waals surface area (Å²) in [5, 5.41) is 4.24. The van der Waals surface area contributed by atoms with Gasteiger partial charge < -0.3 is 15.8 Å². The molecule has 0 fully saturated rings. The molecule has 0 spiro atoms. The average Bonchev–Trinajstić information content (AvgIpc) is 3.02. The number of nitrogens with one attached hydrogen (secondary N) is 1. The Labute approximate surface area is 133 Å². The third-order valence-electron chi connectivity index (χ3n) is 3.98. The molecule has 6 heteroatoms. The normalized spacial score (nSPS) is 12.9. The standard InChI is InChI=1S/C17H17N5O/c18-15-4-2-13-16(20-10-21-17(13)22-15)19-7-5-11-1-3-14-12(9-11)6-8-23-14/h1-4,9-10H,5-8H2,(H3,18,19,20,21,22). The van der Waals surface area contributed by atoms with E-state index >= 15 is 0 Å². The van der Waals surface area contributed by atoms with Crippen LogP contribution in [0.4, 0.5) is 11.6 Å². The van der Waals surface area contributed by atoms with E-state index in [4.69, 9.17) is 10.5 Å². The van der Waals surface area contributed by atoms with Gasteiger partial charge in [-0.05, 0) is 35.7 Å². The van der Waals surface area contributed by atoms with E-state index in [-0.39, 0.29) is 0 Å². The molecule has 4 rings (SSSR count). The number of anilines is 2. The highest BCUT2D eigenvalue weighted by molar-refractivity contribution is 5.87. The molecule has 0 saturated carbocycles. The number of hydrogen-bond acceptors (Lipinski definition) is 6. The number of aromatic nitrogens is 3. The molecule has 0 radical (unpaired) electrons. The van der Waals surface area contributed by atoms with Crippen LogP contribution in [0.25, 0.3) is 11.0 Å². The van der Waals surface area contributed by atoms with Gasteiger partial charge in [-0.1, -0.05) is 12.1 Å². The Hall–Kier alpha value is -2.89. The number of nitrogen functional groups attached to an aromatic ring is 1. The van der Waals surface area contributed by atoms with Crippen LogP contribution in [0.1, 0.15) is 11.1 Å². The minimum Gasteiger partial charge on any atom is -0.493 e. The summed E-state index contributed by atoms with van der Waals surface area (Å²) in [7, 11) is 0. The molecular formula is C17H17N5O. The number of nitrogens with two attached hydrogens (primary N) is 1. The molecule has 0 atom stereocenters. The van der Waals surface area contributed by atoms with Crippen LogP contribution >= 0.6 is 0 Å². The lowest BCUT2D eigenvalue weighted by Gasteiger charge is -2.09. The molecule has 0 amide bonds. The molecule has 3 aromatic rings. The van der Waals surface area contributed by atoms with Gasteiger partial charge in [0, 0.05) is 13.0 Å². The number of hydrogen-bond donors (Lipinski definition) is 2. The van der Waals surface area contributed by atoms with Crippen molar-refractivity contribution >= 4 is 22.7 Å². The van der Waals surface area contributed by atoms with Crippen LogP contribution in [0.15, 0.2) is 36.7 Å². The van der Waals surface area contributed by atoms with E-state index in [9.17, 15) is 0 Å². The highest BCUT2D eigenvalue weighted by atomic mass is 16.5. The minimum atomic E-state index is 0.461. The molecule has 23 heavy (non-hydrogen) atoms. The molecule has 1 aliphatic rings. The fraction of sp³-hybridized carbons (Fsp3) is 0.235. The van der Waals surface area contributed by atoms with Crippen LogP contribution in [-0.2, 0) is 12.8 Å². The zero-order valence-corrected chi connectivity index (χ0v) is 12.6. The molecule has 0 bridgehead atoms. The molecule has 0 saturated heterocycles. The Bertz CT molecular complexity index is 865. The van der Waals surface area contributed by atoms with Crippen LogP contribution < -0.4 is 15.8 Å². The molecule has 3 N–H and O–H groups in total. The summed E-state index contributed by atoms with van der Waals surface area (Å²) in [6.45, 7) is 1.58. The van der Waals surface area contributed by atoms with Gasteiger partial charge in [0.15, 0.2) is 5.65 Å². The van der Waals surface area contributed by atoms with E-state index in [0.29, 0.717) is 11.5 Å². The second-order valence-electron chi connectivity index (χ2n) is 5.55. The highest BCUT2D eigenvalue weighted by Crippen LogP contribution is 2.26. The third kappa shape index (κ3) is 2.75. The largest absolute Gasteiger partial charge is 0.493 e. The predicted molar refractivity (Wildman–Crippen MR) is 89.6 cm³/mol. The predicted octanol–water partition coefficient (Wildman–Crippen LogP) is 2.20. The van der Waals surface area contributed by atoms with Crippen molar-refractivity contribution in [3.8, 4) is 5.75 Å². The molecule has 1 aliphatic heterocycles. The van der Waals surface area contributed by atoms with Crippen molar-refractivity contribution in [3.63, 3.8) is 0 Å². The van der Waals surface area contributed by atoms with E-state index < -0.39 is 0 Å². The summed E-state index contributed by atoms with van der Waals surface area (Å²) in [5.74, 6) is 2.27. The maximum atomic E-state index is 5.69. The molecular weight excluding hydrogens is 290 g/mol. The molecule has 116 valence electrons. The second-order valence-corrected chi connectivity index (χ2v) is 5.55. The average molecular weight is 307 g/mol. The van der Waals surface area contributed by atoms with Gasteiger partial charge in [-0.25, -0.2) is 15.0 Å². The number of nitrogens with zero attached hydrogens (tertiary/aromatic N) is 3. The topological polar surface area (TPSA) is 86.0 Å². The van der Waals surface area contributed by atoms with E-state index in [1.807, 2.05) is 6.07 Å². The Morgan fingerprint density at radius 1 is 1.17 bits per heavy atom. The number of ether oxygens (including phenoxy) is 1. The first-order chi connectivity index (χ1) is 11.3. The minimum absolute atomic E-state index is 0.461. The Kier molecular flexibility index (Phi) is 3.42. The van der Waals surface area contributed by atoms with Crippen molar-refractivity contribution in [3.05, 3.63) is 47.8 Å². The van der Waals surface area contributed by atoms with Crippen molar-refractivity contribution in [2.45, 2.75) is 12.8 Å². The molecule has 3 heterocycles. The lowest BCUT2D eigenvalue weighted by atomic mass is 10.1.